The van der Waals surface area contributed by atoms with Gasteiger partial charge >= 0.3 is 0 Å². The molecule has 2 saturated heterocycles. The van der Waals surface area contributed by atoms with Crippen LogP contribution in [0.4, 0.5) is 0 Å². The maximum Gasteiger partial charge on any atom is 0.220 e. The van der Waals surface area contributed by atoms with Gasteiger partial charge in [0.15, 0.2) is 0 Å². The van der Waals surface area contributed by atoms with Gasteiger partial charge in [0.1, 0.15) is 0 Å². The van der Waals surface area contributed by atoms with E-state index in [-0.39, 0.29) is 5.91 Å². The lowest BCUT2D eigenvalue weighted by atomic mass is 9.94. The molecule has 1 amide bonds. The average Bonchev–Trinajstić information content (AvgIpc) is 3.14. The summed E-state index contributed by atoms with van der Waals surface area (Å²) in [7, 11) is 0. The molecule has 1 N–H and O–H groups in total. The standard InChI is InChI=1S/C16H19N5O/c22-16-7-6-12-9-20(11-15(12)18-16)10-13-8-17-21(19-13)14-4-2-1-3-5-14/h1-5,8,12,15H,6-7,9-11H2,(H,18,22). The van der Waals surface area contributed by atoms with Crippen LogP contribution in [0.15, 0.2) is 36.5 Å². The van der Waals surface area contributed by atoms with Crippen molar-refractivity contribution in [2.75, 3.05) is 13.1 Å². The van der Waals surface area contributed by atoms with Crippen molar-refractivity contribution in [2.45, 2.75) is 25.4 Å². The van der Waals surface area contributed by atoms with Crippen LogP contribution in [0.25, 0.3) is 5.69 Å². The Hall–Kier alpha value is -2.21. The zero-order valence-corrected chi connectivity index (χ0v) is 12.4. The third-order valence-corrected chi connectivity index (χ3v) is 4.52. The Morgan fingerprint density at radius 1 is 1.23 bits per heavy atom. The van der Waals surface area contributed by atoms with Gasteiger partial charge in [0.2, 0.25) is 5.91 Å². The first kappa shape index (κ1) is 13.5. The van der Waals surface area contributed by atoms with E-state index in [1.165, 1.54) is 0 Å². The van der Waals surface area contributed by atoms with Gasteiger partial charge in [-0.05, 0) is 24.5 Å². The highest BCUT2D eigenvalue weighted by atomic mass is 16.1. The smallest absolute Gasteiger partial charge is 0.220 e. The van der Waals surface area contributed by atoms with E-state index in [0.717, 1.165) is 37.4 Å². The van der Waals surface area contributed by atoms with Gasteiger partial charge in [-0.2, -0.15) is 15.0 Å². The van der Waals surface area contributed by atoms with Gasteiger partial charge in [0.25, 0.3) is 0 Å². The Morgan fingerprint density at radius 3 is 2.95 bits per heavy atom. The van der Waals surface area contributed by atoms with Crippen LogP contribution in [0.1, 0.15) is 18.5 Å². The van der Waals surface area contributed by atoms with E-state index >= 15 is 0 Å². The topological polar surface area (TPSA) is 63.1 Å². The number of carbonyl (C=O) groups excluding carboxylic acids is 1. The van der Waals surface area contributed by atoms with Crippen molar-refractivity contribution in [1.29, 1.82) is 0 Å². The lowest BCUT2D eigenvalue weighted by Gasteiger charge is -2.24. The monoisotopic (exact) mass is 297 g/mol. The van der Waals surface area contributed by atoms with Crippen LogP contribution >= 0.6 is 0 Å². The van der Waals surface area contributed by atoms with Crippen molar-refractivity contribution in [3.8, 4) is 5.69 Å². The molecule has 0 saturated carbocycles. The second-order valence-corrected chi connectivity index (χ2v) is 6.13. The Balaban J connectivity index is 1.42. The third-order valence-electron chi connectivity index (χ3n) is 4.52. The molecule has 2 aromatic rings. The Bertz CT molecular complexity index is 668. The van der Waals surface area contributed by atoms with Gasteiger partial charge < -0.3 is 5.32 Å². The molecule has 2 aliphatic heterocycles. The third kappa shape index (κ3) is 2.62. The van der Waals surface area contributed by atoms with Crippen LogP contribution in [-0.2, 0) is 11.3 Å². The molecule has 114 valence electrons. The van der Waals surface area contributed by atoms with E-state index in [1.54, 1.807) is 4.80 Å². The normalized spacial score (nSPS) is 25.0. The number of likely N-dealkylation sites (tertiary alicyclic amines) is 1. The Kier molecular flexibility index (Phi) is 3.38. The highest BCUT2D eigenvalue weighted by Gasteiger charge is 2.36. The van der Waals surface area contributed by atoms with Crippen LogP contribution in [-0.4, -0.2) is 44.9 Å². The minimum absolute atomic E-state index is 0.193. The van der Waals surface area contributed by atoms with Crippen LogP contribution in [0, 0.1) is 5.92 Å². The molecule has 2 unspecified atom stereocenters. The molecule has 6 nitrogen and oxygen atoms in total. The van der Waals surface area contributed by atoms with Gasteiger partial charge in [0, 0.05) is 32.1 Å². The van der Waals surface area contributed by atoms with Gasteiger partial charge in [0.05, 0.1) is 17.6 Å². The summed E-state index contributed by atoms with van der Waals surface area (Å²) in [5.41, 5.74) is 1.94. The number of carbonyl (C=O) groups is 1. The number of para-hydroxylation sites is 1. The molecule has 2 atom stereocenters. The molecule has 3 heterocycles. The number of nitrogens with one attached hydrogen (secondary N) is 1. The minimum atomic E-state index is 0.193. The number of aromatic nitrogens is 3. The fourth-order valence-corrected chi connectivity index (χ4v) is 3.42. The fourth-order valence-electron chi connectivity index (χ4n) is 3.42. The summed E-state index contributed by atoms with van der Waals surface area (Å²) in [6, 6.07) is 10.2. The number of piperidine rings is 1. The summed E-state index contributed by atoms with van der Waals surface area (Å²) in [6.45, 7) is 2.73. The van der Waals surface area contributed by atoms with Crippen molar-refractivity contribution >= 4 is 5.91 Å². The first-order chi connectivity index (χ1) is 10.8. The molecule has 1 aromatic carbocycles. The minimum Gasteiger partial charge on any atom is -0.352 e. The number of nitrogens with zero attached hydrogens (tertiary/aromatic N) is 4. The van der Waals surface area contributed by atoms with Crippen LogP contribution in [0.2, 0.25) is 0 Å². The maximum atomic E-state index is 11.5. The largest absolute Gasteiger partial charge is 0.352 e. The fraction of sp³-hybridized carbons (Fsp3) is 0.438. The number of benzene rings is 1. The first-order valence-electron chi connectivity index (χ1n) is 7.76. The van der Waals surface area contributed by atoms with E-state index in [9.17, 15) is 4.79 Å². The molecule has 6 heteroatoms. The molecule has 0 bridgehead atoms. The van der Waals surface area contributed by atoms with E-state index in [0.29, 0.717) is 18.4 Å². The van der Waals surface area contributed by atoms with Crippen molar-refractivity contribution in [3.05, 3.63) is 42.2 Å². The highest BCUT2D eigenvalue weighted by molar-refractivity contribution is 5.77. The van der Waals surface area contributed by atoms with Crippen molar-refractivity contribution in [1.82, 2.24) is 25.2 Å². The number of amides is 1. The Labute approximate surface area is 129 Å². The SMILES string of the molecule is O=C1CCC2CN(Cc3cnn(-c4ccccc4)n3)CC2N1. The van der Waals surface area contributed by atoms with E-state index in [1.807, 2.05) is 36.5 Å². The van der Waals surface area contributed by atoms with E-state index < -0.39 is 0 Å². The molecular formula is C16H19N5O. The van der Waals surface area contributed by atoms with Crippen LogP contribution < -0.4 is 5.32 Å². The second-order valence-electron chi connectivity index (χ2n) is 6.13. The molecule has 0 aliphatic carbocycles. The highest BCUT2D eigenvalue weighted by Crippen LogP contribution is 2.26. The number of rotatable bonds is 3. The summed E-state index contributed by atoms with van der Waals surface area (Å²) in [5, 5.41) is 12.0. The van der Waals surface area contributed by atoms with Crippen LogP contribution in [0.5, 0.6) is 0 Å². The summed E-state index contributed by atoms with van der Waals surface area (Å²) >= 11 is 0. The summed E-state index contributed by atoms with van der Waals surface area (Å²) < 4.78 is 0. The molecule has 1 aromatic heterocycles. The Morgan fingerprint density at radius 2 is 2.09 bits per heavy atom. The molecule has 2 fully saturated rings. The molecule has 22 heavy (non-hydrogen) atoms. The molecule has 0 spiro atoms. The molecule has 0 radical (unpaired) electrons. The predicted molar refractivity (Wildman–Crippen MR) is 81.3 cm³/mol. The van der Waals surface area contributed by atoms with Gasteiger partial charge in [-0.3, -0.25) is 9.69 Å². The van der Waals surface area contributed by atoms with Crippen LogP contribution in [0.3, 0.4) is 0 Å². The van der Waals surface area contributed by atoms with E-state index in [2.05, 4.69) is 20.4 Å². The lowest BCUT2D eigenvalue weighted by molar-refractivity contribution is -0.123. The maximum absolute atomic E-state index is 11.5. The van der Waals surface area contributed by atoms with Crippen molar-refractivity contribution < 1.29 is 4.79 Å². The van der Waals surface area contributed by atoms with E-state index in [4.69, 9.17) is 0 Å². The van der Waals surface area contributed by atoms with Crippen molar-refractivity contribution in [2.24, 2.45) is 5.92 Å². The lowest BCUT2D eigenvalue weighted by Crippen LogP contribution is -2.44. The number of fused-ring (bicyclic) bond motifs is 1. The molecule has 4 rings (SSSR count). The number of hydrogen-bond acceptors (Lipinski definition) is 4. The zero-order valence-electron chi connectivity index (χ0n) is 12.4. The number of hydrogen-bond donors (Lipinski definition) is 1. The molecule has 2 aliphatic rings. The van der Waals surface area contributed by atoms with Gasteiger partial charge in [-0.15, -0.1) is 0 Å². The quantitative estimate of drug-likeness (QED) is 0.917. The predicted octanol–water partition coefficient (Wildman–Crippen LogP) is 0.978. The summed E-state index contributed by atoms with van der Waals surface area (Å²) in [6.07, 6.45) is 3.50. The average molecular weight is 297 g/mol. The first-order valence-corrected chi connectivity index (χ1v) is 7.76. The summed E-state index contributed by atoms with van der Waals surface area (Å²) in [4.78, 5) is 15.5. The van der Waals surface area contributed by atoms with Crippen molar-refractivity contribution in [3.63, 3.8) is 0 Å². The van der Waals surface area contributed by atoms with Gasteiger partial charge in [-0.1, -0.05) is 18.2 Å². The summed E-state index contributed by atoms with van der Waals surface area (Å²) in [5.74, 6) is 0.778. The van der Waals surface area contributed by atoms with Gasteiger partial charge in [-0.25, -0.2) is 0 Å². The molecular weight excluding hydrogens is 278 g/mol. The zero-order chi connectivity index (χ0) is 14.9. The second kappa shape index (κ2) is 5.53.